The summed E-state index contributed by atoms with van der Waals surface area (Å²) in [7, 11) is 0. The van der Waals surface area contributed by atoms with Crippen LogP contribution >= 0.6 is 0 Å². The van der Waals surface area contributed by atoms with E-state index in [1.54, 1.807) is 12.3 Å². The van der Waals surface area contributed by atoms with Crippen LogP contribution in [0.5, 0.6) is 0 Å². The van der Waals surface area contributed by atoms with Crippen LogP contribution in [0.25, 0.3) is 11.3 Å². The van der Waals surface area contributed by atoms with Gasteiger partial charge in [0.25, 0.3) is 0 Å². The highest BCUT2D eigenvalue weighted by Crippen LogP contribution is 2.24. The molecule has 0 spiro atoms. The Kier molecular flexibility index (Phi) is 4.88. The molecule has 3 aromatic rings. The summed E-state index contributed by atoms with van der Waals surface area (Å²) in [5.74, 6) is 0.961. The van der Waals surface area contributed by atoms with Crippen LogP contribution in [0.4, 0.5) is 0 Å². The Morgan fingerprint density at radius 1 is 1.15 bits per heavy atom. The molecule has 0 unspecified atom stereocenters. The molecule has 1 aliphatic heterocycles. The maximum absolute atomic E-state index is 12.7. The summed E-state index contributed by atoms with van der Waals surface area (Å²) in [5.41, 5.74) is 2.45. The van der Waals surface area contributed by atoms with Crippen LogP contribution < -0.4 is 0 Å². The highest BCUT2D eigenvalue weighted by atomic mass is 16.5. The number of aromatic nitrogens is 2. The van der Waals surface area contributed by atoms with Crippen LogP contribution in [0.1, 0.15) is 29.1 Å². The van der Waals surface area contributed by atoms with Gasteiger partial charge in [-0.2, -0.15) is 0 Å². The van der Waals surface area contributed by atoms with Gasteiger partial charge in [0.2, 0.25) is 0 Å². The minimum Gasteiger partial charge on any atom is -0.359 e. The molecule has 0 N–H and O–H groups in total. The average Bonchev–Trinajstić information content (AvgIpc) is 3.17. The lowest BCUT2D eigenvalue weighted by molar-refractivity contribution is 0.0794. The summed E-state index contributed by atoms with van der Waals surface area (Å²) in [5, 5.41) is 4.18. The van der Waals surface area contributed by atoms with Crippen LogP contribution in [-0.2, 0) is 6.54 Å². The zero-order valence-electron chi connectivity index (χ0n) is 14.5. The molecule has 2 aromatic heterocycles. The van der Waals surface area contributed by atoms with Gasteiger partial charge in [0, 0.05) is 30.3 Å². The minimum atomic E-state index is -0.00448. The number of nitrogens with zero attached hydrogens (tertiary/aromatic N) is 3. The number of carbonyl (C=O) groups excluding carboxylic acids is 1. The molecule has 0 bridgehead atoms. The quantitative estimate of drug-likeness (QED) is 0.657. The normalized spacial score (nSPS) is 17.9. The molecule has 0 aliphatic carbocycles. The lowest BCUT2D eigenvalue weighted by Gasteiger charge is -2.30. The van der Waals surface area contributed by atoms with Gasteiger partial charge in [0.15, 0.2) is 11.5 Å². The highest BCUT2D eigenvalue weighted by Gasteiger charge is 2.27. The van der Waals surface area contributed by atoms with E-state index < -0.39 is 0 Å². The standard InChI is InChI=1S/C21H21N3O2/c25-21(19-10-4-5-11-22-19)17-9-6-12-24(14-17)15-18-13-20(23-26-18)16-7-2-1-3-8-16/h1-5,7-8,10-11,13,17H,6,9,12,14-15H2/t17-/m0/s1. The Bertz CT molecular complexity index is 861. The number of hydrogen-bond acceptors (Lipinski definition) is 5. The van der Waals surface area contributed by atoms with Gasteiger partial charge in [-0.25, -0.2) is 0 Å². The minimum absolute atomic E-state index is 0.00448. The van der Waals surface area contributed by atoms with Crippen LogP contribution in [-0.4, -0.2) is 33.9 Å². The van der Waals surface area contributed by atoms with Gasteiger partial charge in [-0.3, -0.25) is 14.7 Å². The molecule has 0 saturated carbocycles. The predicted octanol–water partition coefficient (Wildman–Crippen LogP) is 3.83. The van der Waals surface area contributed by atoms with Crippen LogP contribution in [0.15, 0.2) is 65.3 Å². The summed E-state index contributed by atoms with van der Waals surface area (Å²) < 4.78 is 5.51. The van der Waals surface area contributed by atoms with E-state index in [4.69, 9.17) is 4.52 Å². The lowest BCUT2D eigenvalue weighted by Crippen LogP contribution is -2.38. The number of piperidine rings is 1. The van der Waals surface area contributed by atoms with Crippen LogP contribution in [0, 0.1) is 5.92 Å². The molecule has 4 rings (SSSR count). The second-order valence-corrected chi connectivity index (χ2v) is 6.70. The van der Waals surface area contributed by atoms with Crippen molar-refractivity contribution in [2.75, 3.05) is 13.1 Å². The Labute approximate surface area is 152 Å². The Morgan fingerprint density at radius 2 is 2.00 bits per heavy atom. The van der Waals surface area contributed by atoms with Gasteiger partial charge in [0.1, 0.15) is 11.4 Å². The van der Waals surface area contributed by atoms with Gasteiger partial charge < -0.3 is 4.52 Å². The zero-order chi connectivity index (χ0) is 17.8. The zero-order valence-corrected chi connectivity index (χ0v) is 14.5. The Morgan fingerprint density at radius 3 is 2.81 bits per heavy atom. The summed E-state index contributed by atoms with van der Waals surface area (Å²) in [6.07, 6.45) is 3.59. The van der Waals surface area contributed by atoms with Crippen molar-refractivity contribution in [1.82, 2.24) is 15.0 Å². The van der Waals surface area contributed by atoms with Crippen molar-refractivity contribution in [3.8, 4) is 11.3 Å². The molecule has 132 valence electrons. The highest BCUT2D eigenvalue weighted by molar-refractivity contribution is 5.96. The average molecular weight is 347 g/mol. The predicted molar refractivity (Wildman–Crippen MR) is 98.5 cm³/mol. The fraction of sp³-hybridized carbons (Fsp3) is 0.286. The topological polar surface area (TPSA) is 59.2 Å². The molecular formula is C21H21N3O2. The van der Waals surface area contributed by atoms with Gasteiger partial charge >= 0.3 is 0 Å². The summed E-state index contributed by atoms with van der Waals surface area (Å²) in [4.78, 5) is 19.1. The number of likely N-dealkylation sites (tertiary alicyclic amines) is 1. The first kappa shape index (κ1) is 16.7. The number of pyridine rings is 1. The van der Waals surface area contributed by atoms with Crippen molar-refractivity contribution in [3.05, 3.63) is 72.2 Å². The number of carbonyl (C=O) groups is 1. The van der Waals surface area contributed by atoms with E-state index in [1.165, 1.54) is 0 Å². The summed E-state index contributed by atoms with van der Waals surface area (Å²) >= 11 is 0. The van der Waals surface area contributed by atoms with E-state index >= 15 is 0 Å². The summed E-state index contributed by atoms with van der Waals surface area (Å²) in [6.45, 7) is 2.37. The molecule has 0 amide bonds. The molecule has 1 atom stereocenters. The van der Waals surface area contributed by atoms with Crippen molar-refractivity contribution in [2.45, 2.75) is 19.4 Å². The number of benzene rings is 1. The number of ketones is 1. The third-order valence-corrected chi connectivity index (χ3v) is 4.80. The molecule has 1 aromatic carbocycles. The summed E-state index contributed by atoms with van der Waals surface area (Å²) in [6, 6.07) is 17.5. The van der Waals surface area contributed by atoms with Gasteiger partial charge in [0.05, 0.1) is 6.54 Å². The molecule has 5 nitrogen and oxygen atoms in total. The maximum atomic E-state index is 12.7. The third-order valence-electron chi connectivity index (χ3n) is 4.80. The van der Waals surface area contributed by atoms with E-state index in [9.17, 15) is 4.79 Å². The monoisotopic (exact) mass is 347 g/mol. The third kappa shape index (κ3) is 3.73. The fourth-order valence-corrected chi connectivity index (χ4v) is 3.48. The molecule has 3 heterocycles. The second kappa shape index (κ2) is 7.62. The molecule has 1 aliphatic rings. The molecular weight excluding hydrogens is 326 g/mol. The van der Waals surface area contributed by atoms with E-state index in [1.807, 2.05) is 48.5 Å². The number of Topliss-reactive ketones (excluding diaryl/α,β-unsaturated/α-hetero) is 1. The molecule has 1 fully saturated rings. The van der Waals surface area contributed by atoms with Gasteiger partial charge in [-0.05, 0) is 31.5 Å². The molecule has 1 saturated heterocycles. The largest absolute Gasteiger partial charge is 0.359 e. The van der Waals surface area contributed by atoms with Crippen LogP contribution in [0.2, 0.25) is 0 Å². The Balaban J connectivity index is 1.41. The van der Waals surface area contributed by atoms with Crippen molar-refractivity contribution in [2.24, 2.45) is 5.92 Å². The van der Waals surface area contributed by atoms with E-state index in [2.05, 4.69) is 15.0 Å². The van der Waals surface area contributed by atoms with Crippen molar-refractivity contribution < 1.29 is 9.32 Å². The molecule has 26 heavy (non-hydrogen) atoms. The van der Waals surface area contributed by atoms with E-state index in [-0.39, 0.29) is 11.7 Å². The second-order valence-electron chi connectivity index (χ2n) is 6.70. The smallest absolute Gasteiger partial charge is 0.185 e. The van der Waals surface area contributed by atoms with Crippen LogP contribution in [0.3, 0.4) is 0 Å². The van der Waals surface area contributed by atoms with E-state index in [0.717, 1.165) is 42.9 Å². The molecule has 5 heteroatoms. The SMILES string of the molecule is O=C(c1ccccn1)[C@H]1CCCN(Cc2cc(-c3ccccc3)no2)C1. The van der Waals surface area contributed by atoms with Gasteiger partial charge in [-0.15, -0.1) is 0 Å². The van der Waals surface area contributed by atoms with E-state index in [0.29, 0.717) is 12.2 Å². The van der Waals surface area contributed by atoms with Crippen molar-refractivity contribution in [1.29, 1.82) is 0 Å². The van der Waals surface area contributed by atoms with Crippen molar-refractivity contribution in [3.63, 3.8) is 0 Å². The first-order chi connectivity index (χ1) is 12.8. The first-order valence-electron chi connectivity index (χ1n) is 8.98. The molecule has 0 radical (unpaired) electrons. The van der Waals surface area contributed by atoms with Gasteiger partial charge in [-0.1, -0.05) is 41.6 Å². The first-order valence-corrected chi connectivity index (χ1v) is 8.98. The fourth-order valence-electron chi connectivity index (χ4n) is 3.48. The Hall–Kier alpha value is -2.79. The number of hydrogen-bond donors (Lipinski definition) is 0. The number of rotatable bonds is 5. The van der Waals surface area contributed by atoms with Crippen molar-refractivity contribution >= 4 is 5.78 Å². The lowest BCUT2D eigenvalue weighted by atomic mass is 9.92. The maximum Gasteiger partial charge on any atom is 0.185 e.